The number of benzene rings is 3. The molecule has 3 aromatic carbocycles. The molecule has 1 fully saturated rings. The van der Waals surface area contributed by atoms with Gasteiger partial charge in [-0.2, -0.15) is 0 Å². The first-order valence-electron chi connectivity index (χ1n) is 15.3. The van der Waals surface area contributed by atoms with Crippen molar-refractivity contribution in [2.24, 2.45) is 0 Å². The second-order valence-corrected chi connectivity index (χ2v) is 13.0. The van der Waals surface area contributed by atoms with E-state index in [9.17, 15) is 22.8 Å². The number of aromatic nitrogens is 1. The Morgan fingerprint density at radius 1 is 0.750 bits per heavy atom. The molecule has 2 heterocycles. The first-order chi connectivity index (χ1) is 23.0. The monoisotopic (exact) mass is 679 g/mol. The van der Waals surface area contributed by atoms with Crippen molar-refractivity contribution in [1.29, 1.82) is 0 Å². The minimum Gasteiger partial charge on any atom is -0.463 e. The number of carbonyl (C=O) groups excluding carboxylic acids is 3. The standard InChI is InChI=1S/C35H37NO11S/c1-23(37)43-22-31-32(45-24(2)38)33(44-21-26-12-6-4-7-13-26)34(46-25(3)39)35(47-31)42-19-18-27-20-36(30-17-11-10-16-29(27)30)48(40,41)28-14-8-5-9-15-28/h4-17,20,31-35H,18-19,21-22H2,1-3H3/t31-,32-,33+,34-,35-/m0/s1. The van der Waals surface area contributed by atoms with Gasteiger partial charge in [0.15, 0.2) is 18.5 Å². The lowest BCUT2D eigenvalue weighted by atomic mass is 9.98. The number of fused-ring (bicyclic) bond motifs is 1. The van der Waals surface area contributed by atoms with Gasteiger partial charge in [-0.25, -0.2) is 12.4 Å². The van der Waals surface area contributed by atoms with Crippen molar-refractivity contribution in [3.05, 3.63) is 102 Å². The maximum atomic E-state index is 13.6. The predicted octanol–water partition coefficient (Wildman–Crippen LogP) is 4.17. The first-order valence-corrected chi connectivity index (χ1v) is 16.8. The fraction of sp³-hybridized carbons (Fsp3) is 0.343. The summed E-state index contributed by atoms with van der Waals surface area (Å²) in [5, 5.41) is 0.716. The van der Waals surface area contributed by atoms with E-state index in [4.69, 9.17) is 28.4 Å². The third kappa shape index (κ3) is 8.29. The van der Waals surface area contributed by atoms with Crippen molar-refractivity contribution in [3.8, 4) is 0 Å². The smallest absolute Gasteiger partial charge is 0.303 e. The molecular weight excluding hydrogens is 642 g/mol. The van der Waals surface area contributed by atoms with Crippen LogP contribution < -0.4 is 0 Å². The number of nitrogens with zero attached hydrogens (tertiary/aromatic N) is 1. The summed E-state index contributed by atoms with van der Waals surface area (Å²) in [6, 6.07) is 24.5. The predicted molar refractivity (Wildman–Crippen MR) is 172 cm³/mol. The molecule has 0 spiro atoms. The van der Waals surface area contributed by atoms with Crippen molar-refractivity contribution in [2.75, 3.05) is 13.2 Å². The summed E-state index contributed by atoms with van der Waals surface area (Å²) in [5.74, 6) is -1.88. The van der Waals surface area contributed by atoms with E-state index < -0.39 is 58.6 Å². The highest BCUT2D eigenvalue weighted by Crippen LogP contribution is 2.31. The van der Waals surface area contributed by atoms with Crippen molar-refractivity contribution in [2.45, 2.75) is 69.4 Å². The minimum absolute atomic E-state index is 0.00570. The van der Waals surface area contributed by atoms with E-state index in [-0.39, 0.29) is 31.1 Å². The van der Waals surface area contributed by atoms with E-state index in [0.717, 1.165) is 5.56 Å². The van der Waals surface area contributed by atoms with Gasteiger partial charge >= 0.3 is 17.9 Å². The van der Waals surface area contributed by atoms with Crippen molar-refractivity contribution in [3.63, 3.8) is 0 Å². The molecule has 0 bridgehead atoms. The van der Waals surface area contributed by atoms with E-state index in [2.05, 4.69) is 0 Å². The molecule has 1 saturated heterocycles. The van der Waals surface area contributed by atoms with Crippen LogP contribution in [0.1, 0.15) is 31.9 Å². The molecular formula is C35H37NO11S. The number of rotatable bonds is 13. The number of hydrogen-bond acceptors (Lipinski definition) is 11. The van der Waals surface area contributed by atoms with Crippen molar-refractivity contribution in [1.82, 2.24) is 3.97 Å². The highest BCUT2D eigenvalue weighted by molar-refractivity contribution is 7.90. The van der Waals surface area contributed by atoms with Crippen LogP contribution in [0.4, 0.5) is 0 Å². The summed E-state index contributed by atoms with van der Waals surface area (Å²) < 4.78 is 63.4. The molecule has 0 radical (unpaired) electrons. The third-order valence-corrected chi connectivity index (χ3v) is 9.33. The average Bonchev–Trinajstić information content (AvgIpc) is 3.44. The lowest BCUT2D eigenvalue weighted by molar-refractivity contribution is -0.313. The molecule has 1 aromatic heterocycles. The summed E-state index contributed by atoms with van der Waals surface area (Å²) in [7, 11) is -3.89. The highest BCUT2D eigenvalue weighted by atomic mass is 32.2. The van der Waals surface area contributed by atoms with Crippen molar-refractivity contribution < 1.29 is 51.2 Å². The SMILES string of the molecule is CC(=O)OC[C@@H]1O[C@H](OCCc2cn(S(=O)(=O)c3ccccc3)c3ccccc23)[C@@H](OC(C)=O)[C@H](OCc2ccccc2)[C@H]1OC(C)=O. The second-order valence-electron chi connectivity index (χ2n) is 11.2. The number of esters is 3. The molecule has 13 heteroatoms. The molecule has 48 heavy (non-hydrogen) atoms. The molecule has 0 amide bonds. The Hall–Kier alpha value is -4.56. The zero-order chi connectivity index (χ0) is 34.3. The Morgan fingerprint density at radius 2 is 1.38 bits per heavy atom. The quantitative estimate of drug-likeness (QED) is 0.148. The van der Waals surface area contributed by atoms with Crippen LogP contribution in [0, 0.1) is 0 Å². The number of ether oxygens (including phenoxy) is 6. The van der Waals surface area contributed by atoms with Crippen LogP contribution in [-0.4, -0.2) is 74.2 Å². The van der Waals surface area contributed by atoms with Crippen LogP contribution >= 0.6 is 0 Å². The Kier molecular flexibility index (Phi) is 11.3. The molecule has 5 rings (SSSR count). The number of carbonyl (C=O) groups is 3. The van der Waals surface area contributed by atoms with Crippen LogP contribution in [0.3, 0.4) is 0 Å². The van der Waals surface area contributed by atoms with Gasteiger partial charge in [0.2, 0.25) is 0 Å². The lowest BCUT2D eigenvalue weighted by Gasteiger charge is -2.44. The Bertz CT molecular complexity index is 1830. The molecule has 254 valence electrons. The molecule has 0 aliphatic carbocycles. The summed E-state index contributed by atoms with van der Waals surface area (Å²) in [6.07, 6.45) is -3.85. The number of hydrogen-bond donors (Lipinski definition) is 0. The maximum Gasteiger partial charge on any atom is 0.303 e. The molecule has 1 aliphatic rings. The summed E-state index contributed by atoms with van der Waals surface area (Å²) in [5.41, 5.74) is 2.00. The van der Waals surface area contributed by atoms with Gasteiger partial charge in [0.25, 0.3) is 10.0 Å². The lowest BCUT2D eigenvalue weighted by Crippen LogP contribution is -2.62. The van der Waals surface area contributed by atoms with Gasteiger partial charge in [-0.3, -0.25) is 14.4 Å². The largest absolute Gasteiger partial charge is 0.463 e. The van der Waals surface area contributed by atoms with E-state index >= 15 is 0 Å². The van der Waals surface area contributed by atoms with Gasteiger partial charge in [-0.1, -0.05) is 66.7 Å². The van der Waals surface area contributed by atoms with Gasteiger partial charge in [0.1, 0.15) is 18.8 Å². The van der Waals surface area contributed by atoms with Crippen LogP contribution in [-0.2, 0) is 65.9 Å². The van der Waals surface area contributed by atoms with E-state index in [1.807, 2.05) is 42.5 Å². The average molecular weight is 680 g/mol. The second kappa shape index (κ2) is 15.6. The van der Waals surface area contributed by atoms with Crippen LogP contribution in [0.2, 0.25) is 0 Å². The topological polar surface area (TPSA) is 146 Å². The van der Waals surface area contributed by atoms with Gasteiger partial charge < -0.3 is 28.4 Å². The Labute approximate surface area is 278 Å². The molecule has 0 N–H and O–H groups in total. The van der Waals surface area contributed by atoms with Crippen LogP contribution in [0.5, 0.6) is 0 Å². The molecule has 0 saturated carbocycles. The van der Waals surface area contributed by atoms with Crippen LogP contribution in [0.25, 0.3) is 10.9 Å². The number of para-hydroxylation sites is 1. The summed E-state index contributed by atoms with van der Waals surface area (Å²) in [6.45, 7) is 3.45. The Morgan fingerprint density at radius 3 is 2.04 bits per heavy atom. The molecule has 12 nitrogen and oxygen atoms in total. The fourth-order valence-corrected chi connectivity index (χ4v) is 6.97. The fourth-order valence-electron chi connectivity index (χ4n) is 5.56. The van der Waals surface area contributed by atoms with E-state index in [1.165, 1.54) is 36.9 Å². The van der Waals surface area contributed by atoms with Gasteiger partial charge in [0.05, 0.1) is 23.6 Å². The van der Waals surface area contributed by atoms with Crippen molar-refractivity contribution >= 4 is 38.8 Å². The summed E-state index contributed by atoms with van der Waals surface area (Å²) >= 11 is 0. The molecule has 5 atom stereocenters. The normalized spacial score (nSPS) is 21.0. The van der Waals surface area contributed by atoms with Crippen LogP contribution in [0.15, 0.2) is 96.0 Å². The minimum atomic E-state index is -3.89. The molecule has 1 aliphatic heterocycles. The van der Waals surface area contributed by atoms with Gasteiger partial charge in [0, 0.05) is 32.4 Å². The maximum absolute atomic E-state index is 13.6. The Balaban J connectivity index is 1.42. The zero-order valence-corrected chi connectivity index (χ0v) is 27.5. The molecule has 0 unspecified atom stereocenters. The third-order valence-electron chi connectivity index (χ3n) is 7.65. The summed E-state index contributed by atoms with van der Waals surface area (Å²) in [4.78, 5) is 36.4. The highest BCUT2D eigenvalue weighted by Gasteiger charge is 2.51. The van der Waals surface area contributed by atoms with E-state index in [0.29, 0.717) is 16.5 Å². The molecule has 4 aromatic rings. The zero-order valence-electron chi connectivity index (χ0n) is 26.7. The first kappa shape index (κ1) is 34.8. The van der Waals surface area contributed by atoms with Gasteiger partial charge in [-0.05, 0) is 35.7 Å². The van der Waals surface area contributed by atoms with Gasteiger partial charge in [-0.15, -0.1) is 0 Å². The van der Waals surface area contributed by atoms with E-state index in [1.54, 1.807) is 36.5 Å².